The number of aryl methyl sites for hydroxylation is 1. The molecule has 0 radical (unpaired) electrons. The molecule has 0 atom stereocenters. The van der Waals surface area contributed by atoms with Crippen LogP contribution in [-0.4, -0.2) is 36.4 Å². The van der Waals surface area contributed by atoms with Crippen molar-refractivity contribution in [3.8, 4) is 22.9 Å². The Kier molecular flexibility index (Phi) is 4.54. The van der Waals surface area contributed by atoms with E-state index in [1.54, 1.807) is 29.2 Å². The van der Waals surface area contributed by atoms with Gasteiger partial charge in [0.15, 0.2) is 0 Å². The molecule has 10 heteroatoms. The number of hydrogen-bond donors (Lipinski definition) is 4. The molecule has 0 spiro atoms. The van der Waals surface area contributed by atoms with Gasteiger partial charge in [0, 0.05) is 24.7 Å². The highest BCUT2D eigenvalue weighted by Crippen LogP contribution is 2.49. The second kappa shape index (κ2) is 6.64. The van der Waals surface area contributed by atoms with Crippen molar-refractivity contribution in [3.05, 3.63) is 30.6 Å². The van der Waals surface area contributed by atoms with Crippen molar-refractivity contribution in [1.82, 2.24) is 14.5 Å². The first kappa shape index (κ1) is 17.1. The summed E-state index contributed by atoms with van der Waals surface area (Å²) in [5, 5.41) is 22.9. The third-order valence-electron chi connectivity index (χ3n) is 3.73. The van der Waals surface area contributed by atoms with Crippen LogP contribution in [-0.2, 0) is 11.3 Å². The van der Waals surface area contributed by atoms with E-state index >= 15 is 0 Å². The minimum Gasteiger partial charge on any atom is -0.506 e. The number of phenolic OH excluding ortho intramolecular Hbond substituents is 1. The number of phenols is 1. The Labute approximate surface area is 145 Å². The molecule has 0 aliphatic carbocycles. The fourth-order valence-electron chi connectivity index (χ4n) is 2.54. The molecular formula is C15H17N5O4S. The summed E-state index contributed by atoms with van der Waals surface area (Å²) in [7, 11) is -3.50. The van der Waals surface area contributed by atoms with E-state index in [4.69, 9.17) is 5.26 Å². The Balaban J connectivity index is 1.87. The van der Waals surface area contributed by atoms with Crippen molar-refractivity contribution in [2.24, 2.45) is 0 Å². The van der Waals surface area contributed by atoms with Gasteiger partial charge in [-0.25, -0.2) is 9.03 Å². The van der Waals surface area contributed by atoms with Gasteiger partial charge in [0.2, 0.25) is 0 Å². The van der Waals surface area contributed by atoms with E-state index in [1.807, 2.05) is 0 Å². The minimum atomic E-state index is -3.50. The number of benzene rings is 1. The number of unbranched alkanes of at least 4 members (excludes halogenated alkanes) is 1. The molecule has 2 aromatic rings. The zero-order valence-electron chi connectivity index (χ0n) is 13.2. The number of carbonyl (C=O) groups is 1. The van der Waals surface area contributed by atoms with E-state index in [-0.39, 0.29) is 18.0 Å². The zero-order chi connectivity index (χ0) is 18.0. The van der Waals surface area contributed by atoms with E-state index in [1.165, 1.54) is 6.07 Å². The maximum Gasteiger partial charge on any atom is 0.260 e. The van der Waals surface area contributed by atoms with Crippen molar-refractivity contribution in [2.45, 2.75) is 19.4 Å². The highest BCUT2D eigenvalue weighted by Gasteiger charge is 2.36. The SMILES string of the molecule is N#CCCCn1cc(-c2ccc(O)c(N3CC(=O)NS3(O)O)c2)cn1. The summed E-state index contributed by atoms with van der Waals surface area (Å²) in [5.74, 6) is -0.697. The predicted molar refractivity (Wildman–Crippen MR) is 92.5 cm³/mol. The Morgan fingerprint density at radius 3 is 2.84 bits per heavy atom. The van der Waals surface area contributed by atoms with Gasteiger partial charge in [0.05, 0.1) is 12.3 Å². The first-order valence-electron chi connectivity index (χ1n) is 7.50. The lowest BCUT2D eigenvalue weighted by atomic mass is 10.1. The predicted octanol–water partition coefficient (Wildman–Crippen LogP) is 2.08. The van der Waals surface area contributed by atoms with E-state index in [0.717, 1.165) is 9.87 Å². The smallest absolute Gasteiger partial charge is 0.260 e. The molecule has 4 N–H and O–H groups in total. The van der Waals surface area contributed by atoms with Crippen molar-refractivity contribution >= 4 is 22.6 Å². The van der Waals surface area contributed by atoms with E-state index in [9.17, 15) is 19.0 Å². The Hall–Kier alpha value is -2.74. The van der Waals surface area contributed by atoms with Crippen LogP contribution in [0.25, 0.3) is 11.1 Å². The van der Waals surface area contributed by atoms with Gasteiger partial charge in [-0.15, -0.1) is 0 Å². The topological polar surface area (TPSA) is 135 Å². The number of nitriles is 1. The summed E-state index contributed by atoms with van der Waals surface area (Å²) < 4.78 is 24.8. The quantitative estimate of drug-likeness (QED) is 0.597. The summed E-state index contributed by atoms with van der Waals surface area (Å²) in [5.41, 5.74) is 1.62. The molecule has 25 heavy (non-hydrogen) atoms. The molecule has 0 saturated carbocycles. The van der Waals surface area contributed by atoms with Gasteiger partial charge < -0.3 is 5.11 Å². The number of amides is 1. The van der Waals surface area contributed by atoms with Crippen LogP contribution in [0.1, 0.15) is 12.8 Å². The highest BCUT2D eigenvalue weighted by molar-refractivity contribution is 8.24. The van der Waals surface area contributed by atoms with Crippen molar-refractivity contribution in [3.63, 3.8) is 0 Å². The number of rotatable bonds is 5. The van der Waals surface area contributed by atoms with Gasteiger partial charge in [-0.3, -0.25) is 18.6 Å². The fourth-order valence-corrected chi connectivity index (χ4v) is 3.74. The molecule has 1 aromatic heterocycles. The van der Waals surface area contributed by atoms with Gasteiger partial charge in [-0.2, -0.15) is 10.4 Å². The third kappa shape index (κ3) is 3.53. The minimum absolute atomic E-state index is 0.146. The molecule has 1 saturated heterocycles. The zero-order valence-corrected chi connectivity index (χ0v) is 14.0. The Bertz CT molecular complexity index is 845. The fraction of sp³-hybridized carbons (Fsp3) is 0.267. The lowest BCUT2D eigenvalue weighted by Crippen LogP contribution is -2.25. The molecule has 1 fully saturated rings. The second-order valence-electron chi connectivity index (χ2n) is 5.54. The van der Waals surface area contributed by atoms with Gasteiger partial charge in [-0.05, 0) is 35.1 Å². The third-order valence-corrected chi connectivity index (χ3v) is 5.17. The summed E-state index contributed by atoms with van der Waals surface area (Å²) in [6.07, 6.45) is 4.60. The second-order valence-corrected chi connectivity index (χ2v) is 7.22. The molecule has 2 heterocycles. The number of nitrogens with zero attached hydrogens (tertiary/aromatic N) is 4. The van der Waals surface area contributed by atoms with Gasteiger partial charge in [0.25, 0.3) is 5.91 Å². The average molecular weight is 363 g/mol. The summed E-state index contributed by atoms with van der Waals surface area (Å²) in [6.45, 7) is 0.357. The van der Waals surface area contributed by atoms with Crippen LogP contribution < -0.4 is 9.03 Å². The first-order valence-corrected chi connectivity index (χ1v) is 9.00. The highest BCUT2D eigenvalue weighted by atomic mass is 32.3. The largest absolute Gasteiger partial charge is 0.506 e. The van der Waals surface area contributed by atoms with E-state index < -0.39 is 16.9 Å². The van der Waals surface area contributed by atoms with Crippen LogP contribution >= 0.6 is 11.0 Å². The lowest BCUT2D eigenvalue weighted by molar-refractivity contribution is -0.117. The van der Waals surface area contributed by atoms with E-state index in [2.05, 4.69) is 15.9 Å². The standard InChI is InChI=1S/C15H17N5O4S/c16-5-1-2-6-19-9-12(8-17-19)11-3-4-14(21)13(7-11)20-10-15(22)18-25(20,23)24/h3-4,7-9,21,23-24H,1-2,6,10H2,(H,18,22). The van der Waals surface area contributed by atoms with Crippen LogP contribution in [0.2, 0.25) is 0 Å². The number of nitrogens with one attached hydrogen (secondary N) is 1. The lowest BCUT2D eigenvalue weighted by Gasteiger charge is -2.36. The van der Waals surface area contributed by atoms with Crippen LogP contribution in [0, 0.1) is 11.3 Å². The summed E-state index contributed by atoms with van der Waals surface area (Å²) in [6, 6.07) is 6.75. The number of anilines is 1. The molecule has 0 unspecified atom stereocenters. The first-order chi connectivity index (χ1) is 11.9. The molecule has 3 rings (SSSR count). The Morgan fingerprint density at radius 1 is 1.36 bits per heavy atom. The number of hydrogen-bond acceptors (Lipinski definition) is 7. The normalized spacial score (nSPS) is 17.2. The molecule has 9 nitrogen and oxygen atoms in total. The van der Waals surface area contributed by atoms with Crippen molar-refractivity contribution in [2.75, 3.05) is 10.8 Å². The number of aromatic nitrogens is 2. The summed E-state index contributed by atoms with van der Waals surface area (Å²) in [4.78, 5) is 11.5. The molecule has 1 aliphatic rings. The maximum atomic E-state index is 11.5. The van der Waals surface area contributed by atoms with Gasteiger partial charge in [-0.1, -0.05) is 6.07 Å². The van der Waals surface area contributed by atoms with Gasteiger partial charge >= 0.3 is 0 Å². The van der Waals surface area contributed by atoms with Crippen molar-refractivity contribution < 1.29 is 19.0 Å². The molecule has 0 bridgehead atoms. The maximum absolute atomic E-state index is 11.5. The van der Waals surface area contributed by atoms with E-state index in [0.29, 0.717) is 24.9 Å². The average Bonchev–Trinajstić information content (AvgIpc) is 3.12. The number of carbonyl (C=O) groups excluding carboxylic acids is 1. The Morgan fingerprint density at radius 2 is 2.16 bits per heavy atom. The van der Waals surface area contributed by atoms with Crippen molar-refractivity contribution in [1.29, 1.82) is 5.26 Å². The molecule has 1 aliphatic heterocycles. The van der Waals surface area contributed by atoms with Crippen LogP contribution in [0.3, 0.4) is 0 Å². The monoisotopic (exact) mass is 363 g/mol. The van der Waals surface area contributed by atoms with Gasteiger partial charge in [0.1, 0.15) is 18.0 Å². The number of aromatic hydroxyl groups is 1. The molecule has 1 amide bonds. The summed E-state index contributed by atoms with van der Waals surface area (Å²) >= 11 is 0. The molecule has 1 aromatic carbocycles. The van der Waals surface area contributed by atoms with Crippen LogP contribution in [0.15, 0.2) is 30.6 Å². The molecular weight excluding hydrogens is 346 g/mol. The molecule has 132 valence electrons. The van der Waals surface area contributed by atoms with Crippen LogP contribution in [0.4, 0.5) is 5.69 Å². The van der Waals surface area contributed by atoms with Crippen LogP contribution in [0.5, 0.6) is 5.75 Å².